The van der Waals surface area contributed by atoms with Crippen LogP contribution in [0.2, 0.25) is 0 Å². The van der Waals surface area contributed by atoms with E-state index in [0.29, 0.717) is 5.82 Å². The van der Waals surface area contributed by atoms with Crippen molar-refractivity contribution in [3.05, 3.63) is 54.1 Å². The molecule has 0 spiro atoms. The van der Waals surface area contributed by atoms with E-state index in [0.717, 1.165) is 45.8 Å². The summed E-state index contributed by atoms with van der Waals surface area (Å²) >= 11 is 7.41. The second-order valence-corrected chi connectivity index (χ2v) is 8.81. The lowest BCUT2D eigenvalue weighted by atomic mass is 9.98. The van der Waals surface area contributed by atoms with Crippen LogP contribution >= 0.6 is 24.0 Å². The van der Waals surface area contributed by atoms with Crippen molar-refractivity contribution in [1.82, 2.24) is 25.5 Å². The molecule has 1 fully saturated rings. The Morgan fingerprint density at radius 2 is 1.82 bits per heavy atom. The van der Waals surface area contributed by atoms with Crippen molar-refractivity contribution < 1.29 is 0 Å². The van der Waals surface area contributed by atoms with Gasteiger partial charge in [0.2, 0.25) is 5.82 Å². The summed E-state index contributed by atoms with van der Waals surface area (Å²) < 4.78 is 1.03. The molecule has 0 atom stereocenters. The van der Waals surface area contributed by atoms with Crippen molar-refractivity contribution in [2.75, 3.05) is 13.1 Å². The van der Waals surface area contributed by atoms with Gasteiger partial charge in [0.1, 0.15) is 4.32 Å². The van der Waals surface area contributed by atoms with Crippen LogP contribution in [0.5, 0.6) is 0 Å². The summed E-state index contributed by atoms with van der Waals surface area (Å²) in [6.45, 7) is 4.52. The van der Waals surface area contributed by atoms with Crippen LogP contribution < -0.4 is 0 Å². The number of aromatic nitrogens is 4. The molecule has 2 heterocycles. The molecule has 1 N–H and O–H groups in total. The first kappa shape index (κ1) is 19.1. The number of aromatic amines is 1. The Morgan fingerprint density at radius 1 is 1.11 bits per heavy atom. The lowest BCUT2D eigenvalue weighted by molar-refractivity contribution is 0.287. The molecule has 1 aliphatic rings. The Bertz CT molecular complexity index is 916. The van der Waals surface area contributed by atoms with Gasteiger partial charge in [-0.2, -0.15) is 5.21 Å². The van der Waals surface area contributed by atoms with E-state index in [-0.39, 0.29) is 0 Å². The van der Waals surface area contributed by atoms with Gasteiger partial charge in [0.25, 0.3) is 0 Å². The number of thioether (sulfide) groups is 1. The summed E-state index contributed by atoms with van der Waals surface area (Å²) in [5.74, 6) is 2.33. The van der Waals surface area contributed by atoms with Crippen LogP contribution in [0.15, 0.2) is 48.5 Å². The molecule has 1 aliphatic heterocycles. The van der Waals surface area contributed by atoms with Crippen LogP contribution in [0.4, 0.5) is 0 Å². The number of thiocarbonyl (C=S) groups is 1. The second-order valence-electron chi connectivity index (χ2n) is 7.20. The van der Waals surface area contributed by atoms with Crippen LogP contribution in [0.3, 0.4) is 0 Å². The molecule has 0 bridgehead atoms. The number of nitrogens with one attached hydrogen (secondary N) is 1. The van der Waals surface area contributed by atoms with Gasteiger partial charge in [0, 0.05) is 24.4 Å². The van der Waals surface area contributed by atoms with Gasteiger partial charge in [-0.25, -0.2) is 0 Å². The fourth-order valence-corrected chi connectivity index (χ4v) is 4.62. The smallest absolute Gasteiger partial charge is 0.205 e. The van der Waals surface area contributed by atoms with Crippen LogP contribution in [0.1, 0.15) is 25.3 Å². The van der Waals surface area contributed by atoms with Crippen molar-refractivity contribution in [2.24, 2.45) is 5.92 Å². The number of benzene rings is 2. The van der Waals surface area contributed by atoms with Crippen LogP contribution in [-0.4, -0.2) is 42.9 Å². The Hall–Kier alpha value is -2.25. The molecule has 5 nitrogen and oxygen atoms in total. The minimum absolute atomic E-state index is 0.608. The van der Waals surface area contributed by atoms with Crippen molar-refractivity contribution in [2.45, 2.75) is 25.5 Å². The van der Waals surface area contributed by atoms with E-state index in [4.69, 9.17) is 12.2 Å². The first-order valence-corrected chi connectivity index (χ1v) is 10.9. The van der Waals surface area contributed by atoms with Gasteiger partial charge in [-0.15, -0.1) is 10.2 Å². The number of rotatable bonds is 4. The fraction of sp³-hybridized carbons (Fsp3) is 0.333. The van der Waals surface area contributed by atoms with Crippen molar-refractivity contribution in [1.29, 1.82) is 0 Å². The monoisotopic (exact) mass is 409 g/mol. The maximum atomic E-state index is 5.64. The predicted molar refractivity (Wildman–Crippen MR) is 119 cm³/mol. The van der Waals surface area contributed by atoms with E-state index in [1.165, 1.54) is 18.4 Å². The van der Waals surface area contributed by atoms with Gasteiger partial charge >= 0.3 is 0 Å². The highest BCUT2D eigenvalue weighted by Crippen LogP contribution is 2.30. The topological polar surface area (TPSA) is 57.7 Å². The summed E-state index contributed by atoms with van der Waals surface area (Å²) in [7, 11) is 0. The number of tetrazole rings is 1. The number of likely N-dealkylation sites (tertiary alicyclic amines) is 1. The van der Waals surface area contributed by atoms with Crippen LogP contribution in [-0.2, 0) is 5.75 Å². The summed E-state index contributed by atoms with van der Waals surface area (Å²) in [5, 5.41) is 14.4. The lowest BCUT2D eigenvalue weighted by Gasteiger charge is -2.31. The van der Waals surface area contributed by atoms with Gasteiger partial charge in [-0.3, -0.25) is 0 Å². The Kier molecular flexibility index (Phi) is 6.02. The largest absolute Gasteiger partial charge is 0.357 e. The SMILES string of the molecule is CC1CCN(C(=S)SCc2ccc(-c3ccccc3-c3nn[nH]n3)cc2)CC1. The normalized spacial score (nSPS) is 15.0. The number of hydrogen-bond donors (Lipinski definition) is 1. The molecule has 3 aromatic rings. The Balaban J connectivity index is 1.42. The summed E-state index contributed by atoms with van der Waals surface area (Å²) in [6.07, 6.45) is 2.49. The molecule has 1 saturated heterocycles. The van der Waals surface area contributed by atoms with Gasteiger partial charge < -0.3 is 4.90 Å². The highest BCUT2D eigenvalue weighted by molar-refractivity contribution is 8.22. The number of nitrogens with zero attached hydrogens (tertiary/aromatic N) is 4. The Labute approximate surface area is 174 Å². The Morgan fingerprint density at radius 3 is 2.50 bits per heavy atom. The zero-order valence-electron chi connectivity index (χ0n) is 15.8. The molecule has 2 aromatic carbocycles. The summed E-state index contributed by atoms with van der Waals surface area (Å²) in [5.41, 5.74) is 4.49. The lowest BCUT2D eigenvalue weighted by Crippen LogP contribution is -2.35. The first-order valence-electron chi connectivity index (χ1n) is 9.54. The standard InChI is InChI=1S/C21H23N5S2/c1-15-10-12-26(13-11-15)21(27)28-14-16-6-8-17(9-7-16)18-4-2-3-5-19(18)20-22-24-25-23-20/h2-9,15H,10-14H2,1H3,(H,22,23,24,25). The summed E-state index contributed by atoms with van der Waals surface area (Å²) in [6, 6.07) is 16.8. The number of H-pyrrole nitrogens is 1. The van der Waals surface area contributed by atoms with E-state index in [1.807, 2.05) is 18.2 Å². The third-order valence-electron chi connectivity index (χ3n) is 5.18. The maximum absolute atomic E-state index is 5.64. The van der Waals surface area contributed by atoms with Gasteiger partial charge in [-0.1, -0.05) is 79.4 Å². The van der Waals surface area contributed by atoms with E-state index in [9.17, 15) is 0 Å². The van der Waals surface area contributed by atoms with E-state index < -0.39 is 0 Å². The summed E-state index contributed by atoms with van der Waals surface area (Å²) in [4.78, 5) is 2.36. The van der Waals surface area contributed by atoms with E-state index in [1.54, 1.807) is 11.8 Å². The molecule has 28 heavy (non-hydrogen) atoms. The maximum Gasteiger partial charge on any atom is 0.205 e. The van der Waals surface area contributed by atoms with Gasteiger partial charge in [-0.05, 0) is 40.7 Å². The molecular weight excluding hydrogens is 386 g/mol. The van der Waals surface area contributed by atoms with Crippen molar-refractivity contribution in [3.63, 3.8) is 0 Å². The molecule has 0 amide bonds. The molecule has 144 valence electrons. The third-order valence-corrected chi connectivity index (χ3v) is 6.78. The quantitative estimate of drug-likeness (QED) is 0.626. The average Bonchev–Trinajstić information content (AvgIpc) is 3.28. The molecule has 0 radical (unpaired) electrons. The molecule has 0 unspecified atom stereocenters. The fourth-order valence-electron chi connectivity index (χ4n) is 3.41. The van der Waals surface area contributed by atoms with Crippen LogP contribution in [0, 0.1) is 5.92 Å². The number of hydrogen-bond acceptors (Lipinski definition) is 5. The first-order chi connectivity index (χ1) is 13.7. The number of piperidine rings is 1. The zero-order chi connectivity index (χ0) is 19.3. The van der Waals surface area contributed by atoms with Gasteiger partial charge in [0.05, 0.1) is 0 Å². The molecule has 0 saturated carbocycles. The average molecular weight is 410 g/mol. The highest BCUT2D eigenvalue weighted by atomic mass is 32.2. The minimum Gasteiger partial charge on any atom is -0.357 e. The molecule has 0 aliphatic carbocycles. The second kappa shape index (κ2) is 8.84. The van der Waals surface area contributed by atoms with Crippen molar-refractivity contribution >= 4 is 28.3 Å². The molecule has 7 heteroatoms. The molecule has 1 aromatic heterocycles. The predicted octanol–water partition coefficient (Wildman–Crippen LogP) is 4.78. The molecular formula is C21H23N5S2. The van der Waals surface area contributed by atoms with E-state index >= 15 is 0 Å². The highest BCUT2D eigenvalue weighted by Gasteiger charge is 2.18. The third kappa shape index (κ3) is 4.42. The van der Waals surface area contributed by atoms with Crippen molar-refractivity contribution in [3.8, 4) is 22.5 Å². The minimum atomic E-state index is 0.608. The zero-order valence-corrected chi connectivity index (χ0v) is 17.5. The van der Waals surface area contributed by atoms with Crippen LogP contribution in [0.25, 0.3) is 22.5 Å². The molecule has 4 rings (SSSR count). The van der Waals surface area contributed by atoms with E-state index in [2.05, 4.69) is 62.8 Å². The van der Waals surface area contributed by atoms with Gasteiger partial charge in [0.15, 0.2) is 0 Å².